The van der Waals surface area contributed by atoms with Crippen molar-refractivity contribution in [1.29, 1.82) is 0 Å². The second-order valence-electron chi connectivity index (χ2n) is 7.55. The highest BCUT2D eigenvalue weighted by atomic mass is 16.5. The number of methoxy groups -OCH3 is 1. The summed E-state index contributed by atoms with van der Waals surface area (Å²) in [7, 11) is 1.58. The Labute approximate surface area is 207 Å². The van der Waals surface area contributed by atoms with Crippen molar-refractivity contribution in [3.63, 3.8) is 0 Å². The average Bonchev–Trinajstić information content (AvgIpc) is 2.92. The van der Waals surface area contributed by atoms with Gasteiger partial charge in [-0.2, -0.15) is 5.10 Å². The maximum atomic E-state index is 12.1. The number of hydrogen-bond acceptors (Lipinski definition) is 7. The lowest BCUT2D eigenvalue weighted by Crippen LogP contribution is -2.24. The summed E-state index contributed by atoms with van der Waals surface area (Å²) in [6, 6.07) is 23.2. The third kappa shape index (κ3) is 6.80. The number of ether oxygens (including phenoxy) is 3. The van der Waals surface area contributed by atoms with E-state index in [2.05, 4.69) is 20.8 Å². The van der Waals surface area contributed by atoms with Crippen LogP contribution in [0.1, 0.15) is 5.56 Å². The Balaban J connectivity index is 1.20. The maximum absolute atomic E-state index is 12.1. The number of pyridine rings is 1. The molecule has 36 heavy (non-hydrogen) atoms. The van der Waals surface area contributed by atoms with Crippen LogP contribution in [0.3, 0.4) is 0 Å². The fourth-order valence-electron chi connectivity index (χ4n) is 3.22. The molecule has 1 heterocycles. The number of fused-ring (bicyclic) bond motifs is 1. The van der Waals surface area contributed by atoms with Gasteiger partial charge in [0.1, 0.15) is 22.8 Å². The Morgan fingerprint density at radius 1 is 0.861 bits per heavy atom. The molecule has 4 rings (SSSR count). The molecule has 0 atom stereocenters. The molecule has 2 N–H and O–H groups in total. The van der Waals surface area contributed by atoms with Gasteiger partial charge in [0.2, 0.25) is 0 Å². The van der Waals surface area contributed by atoms with Gasteiger partial charge in [0.15, 0.2) is 13.2 Å². The molecule has 0 aliphatic carbocycles. The molecular weight excluding hydrogens is 460 g/mol. The van der Waals surface area contributed by atoms with E-state index in [4.69, 9.17) is 14.2 Å². The van der Waals surface area contributed by atoms with Crippen LogP contribution in [-0.4, -0.2) is 43.3 Å². The smallest absolute Gasteiger partial charge is 0.277 e. The Kier molecular flexibility index (Phi) is 8.06. The molecule has 0 unspecified atom stereocenters. The van der Waals surface area contributed by atoms with Crippen molar-refractivity contribution in [2.45, 2.75) is 0 Å². The topological polar surface area (TPSA) is 111 Å². The lowest BCUT2D eigenvalue weighted by atomic mass is 10.2. The van der Waals surface area contributed by atoms with Gasteiger partial charge < -0.3 is 19.5 Å². The molecule has 182 valence electrons. The lowest BCUT2D eigenvalue weighted by molar-refractivity contribution is -0.123. The highest BCUT2D eigenvalue weighted by Gasteiger charge is 2.07. The number of benzene rings is 3. The summed E-state index contributed by atoms with van der Waals surface area (Å²) in [6.45, 7) is -0.333. The van der Waals surface area contributed by atoms with Gasteiger partial charge >= 0.3 is 0 Å². The average molecular weight is 485 g/mol. The SMILES string of the molecule is COc1ccc(NC(=O)COc2ccc(/C=N\NC(=O)COc3cccc4cccnc34)cc2)cc1. The van der Waals surface area contributed by atoms with Crippen LogP contribution in [-0.2, 0) is 9.59 Å². The summed E-state index contributed by atoms with van der Waals surface area (Å²) in [6.07, 6.45) is 3.17. The van der Waals surface area contributed by atoms with Crippen molar-refractivity contribution in [2.24, 2.45) is 5.10 Å². The molecule has 2 amide bonds. The second kappa shape index (κ2) is 12.0. The van der Waals surface area contributed by atoms with Crippen LogP contribution in [0, 0.1) is 0 Å². The molecule has 9 heteroatoms. The number of hydrogen-bond donors (Lipinski definition) is 2. The third-order valence-electron chi connectivity index (χ3n) is 4.98. The molecule has 0 spiro atoms. The van der Waals surface area contributed by atoms with Crippen LogP contribution in [0.4, 0.5) is 5.69 Å². The zero-order chi connectivity index (χ0) is 25.2. The number of rotatable bonds is 10. The molecule has 0 aliphatic rings. The fourth-order valence-corrected chi connectivity index (χ4v) is 3.22. The van der Waals surface area contributed by atoms with Gasteiger partial charge in [-0.25, -0.2) is 5.43 Å². The van der Waals surface area contributed by atoms with Crippen LogP contribution in [0.5, 0.6) is 17.2 Å². The number of carbonyl (C=O) groups excluding carboxylic acids is 2. The number of hydrazone groups is 1. The number of carbonyl (C=O) groups is 2. The van der Waals surface area contributed by atoms with Crippen molar-refractivity contribution in [3.05, 3.63) is 90.6 Å². The van der Waals surface area contributed by atoms with E-state index in [1.165, 1.54) is 6.21 Å². The van der Waals surface area contributed by atoms with E-state index < -0.39 is 5.91 Å². The molecule has 1 aromatic heterocycles. The minimum atomic E-state index is -0.401. The van der Waals surface area contributed by atoms with Gasteiger partial charge in [-0.05, 0) is 66.2 Å². The molecule has 0 radical (unpaired) electrons. The van der Waals surface area contributed by atoms with Gasteiger partial charge in [-0.1, -0.05) is 18.2 Å². The minimum Gasteiger partial charge on any atom is -0.497 e. The number of anilines is 1. The predicted molar refractivity (Wildman–Crippen MR) is 137 cm³/mol. The summed E-state index contributed by atoms with van der Waals surface area (Å²) >= 11 is 0. The standard InChI is InChI=1S/C27H24N4O5/c1-34-22-13-9-21(10-14-22)30-25(32)17-35-23-11-7-19(8-12-23)16-29-31-26(33)18-36-24-6-2-4-20-5-3-15-28-27(20)24/h2-16H,17-18H2,1H3,(H,30,32)(H,31,33)/b29-16-. The summed E-state index contributed by atoms with van der Waals surface area (Å²) in [5.41, 5.74) is 4.51. The van der Waals surface area contributed by atoms with E-state index in [1.54, 1.807) is 67.9 Å². The van der Waals surface area contributed by atoms with Gasteiger partial charge in [0.25, 0.3) is 11.8 Å². The second-order valence-corrected chi connectivity index (χ2v) is 7.55. The highest BCUT2D eigenvalue weighted by molar-refractivity contribution is 5.92. The fraction of sp³-hybridized carbons (Fsp3) is 0.111. The molecular formula is C27H24N4O5. The number of nitrogens with zero attached hydrogens (tertiary/aromatic N) is 2. The van der Waals surface area contributed by atoms with E-state index >= 15 is 0 Å². The van der Waals surface area contributed by atoms with E-state index in [0.717, 1.165) is 10.9 Å². The summed E-state index contributed by atoms with van der Waals surface area (Å²) in [4.78, 5) is 28.4. The Bertz CT molecular complexity index is 1350. The van der Waals surface area contributed by atoms with Crippen LogP contribution >= 0.6 is 0 Å². The first-order chi connectivity index (χ1) is 17.6. The van der Waals surface area contributed by atoms with E-state index in [0.29, 0.717) is 28.5 Å². The highest BCUT2D eigenvalue weighted by Crippen LogP contribution is 2.22. The molecule has 4 aromatic rings. The van der Waals surface area contributed by atoms with Crippen LogP contribution in [0.25, 0.3) is 10.9 Å². The summed E-state index contributed by atoms with van der Waals surface area (Å²) < 4.78 is 16.2. The van der Waals surface area contributed by atoms with Crippen molar-refractivity contribution >= 4 is 34.6 Å². The monoisotopic (exact) mass is 484 g/mol. The number of nitrogens with one attached hydrogen (secondary N) is 2. The van der Waals surface area contributed by atoms with E-state index in [9.17, 15) is 9.59 Å². The van der Waals surface area contributed by atoms with Gasteiger partial charge in [0, 0.05) is 17.3 Å². The normalized spacial score (nSPS) is 10.7. The molecule has 0 saturated heterocycles. The molecule has 0 bridgehead atoms. The largest absolute Gasteiger partial charge is 0.497 e. The summed E-state index contributed by atoms with van der Waals surface area (Å²) in [5, 5.41) is 7.62. The Morgan fingerprint density at radius 3 is 2.36 bits per heavy atom. The Morgan fingerprint density at radius 2 is 1.58 bits per heavy atom. The Hall–Kier alpha value is -4.92. The minimum absolute atomic E-state index is 0.137. The molecule has 0 aliphatic heterocycles. The van der Waals surface area contributed by atoms with E-state index in [1.807, 2.05) is 24.3 Å². The first-order valence-corrected chi connectivity index (χ1v) is 11.1. The number of aromatic nitrogens is 1. The van der Waals surface area contributed by atoms with Crippen molar-refractivity contribution in [1.82, 2.24) is 10.4 Å². The van der Waals surface area contributed by atoms with Crippen molar-refractivity contribution in [3.8, 4) is 17.2 Å². The molecule has 9 nitrogen and oxygen atoms in total. The van der Waals surface area contributed by atoms with Crippen molar-refractivity contribution < 1.29 is 23.8 Å². The van der Waals surface area contributed by atoms with Crippen LogP contribution in [0.15, 0.2) is 90.2 Å². The number of para-hydroxylation sites is 1. The number of amides is 2. The van der Waals surface area contributed by atoms with E-state index in [-0.39, 0.29) is 19.1 Å². The molecule has 0 saturated carbocycles. The predicted octanol–water partition coefficient (Wildman–Crippen LogP) is 3.79. The van der Waals surface area contributed by atoms with Crippen LogP contribution < -0.4 is 25.0 Å². The van der Waals surface area contributed by atoms with Crippen molar-refractivity contribution in [2.75, 3.05) is 25.6 Å². The van der Waals surface area contributed by atoms with Gasteiger partial charge in [-0.3, -0.25) is 14.6 Å². The lowest BCUT2D eigenvalue weighted by Gasteiger charge is -2.08. The zero-order valence-corrected chi connectivity index (χ0v) is 19.5. The maximum Gasteiger partial charge on any atom is 0.277 e. The third-order valence-corrected chi connectivity index (χ3v) is 4.98. The first-order valence-electron chi connectivity index (χ1n) is 11.1. The summed E-state index contributed by atoms with van der Waals surface area (Å²) in [5.74, 6) is 1.08. The molecule has 0 fully saturated rings. The molecule has 3 aromatic carbocycles. The zero-order valence-electron chi connectivity index (χ0n) is 19.5. The van der Waals surface area contributed by atoms with Crippen LogP contribution in [0.2, 0.25) is 0 Å². The van der Waals surface area contributed by atoms with Gasteiger partial charge in [0.05, 0.1) is 13.3 Å². The van der Waals surface area contributed by atoms with Gasteiger partial charge in [-0.15, -0.1) is 0 Å². The quantitative estimate of drug-likeness (QED) is 0.262. The first kappa shape index (κ1) is 24.2.